The highest BCUT2D eigenvalue weighted by molar-refractivity contribution is 5.84. The largest absolute Gasteiger partial charge is 0.449 e. The third-order valence-corrected chi connectivity index (χ3v) is 0.923. The van der Waals surface area contributed by atoms with Crippen molar-refractivity contribution in [2.24, 2.45) is 0 Å². The van der Waals surface area contributed by atoms with Crippen molar-refractivity contribution in [2.45, 2.75) is 12.5 Å². The minimum Gasteiger partial charge on any atom is -0.449 e. The zero-order valence-electron chi connectivity index (χ0n) is 4.38. The van der Waals surface area contributed by atoms with E-state index in [1.165, 1.54) is 0 Å². The molecule has 0 bridgehead atoms. The van der Waals surface area contributed by atoms with Crippen molar-refractivity contribution in [3.63, 3.8) is 0 Å². The fraction of sp³-hybridized carbons (Fsp3) is 0.400. The van der Waals surface area contributed by atoms with Crippen LogP contribution in [0.2, 0.25) is 0 Å². The Kier molecular flexibility index (Phi) is 1.46. The second-order valence-corrected chi connectivity index (χ2v) is 1.60. The average molecular weight is 134 g/mol. The van der Waals surface area contributed by atoms with Crippen LogP contribution in [-0.4, -0.2) is 18.5 Å². The molecule has 0 aromatic heterocycles. The highest BCUT2D eigenvalue weighted by atomic mass is 19.3. The average Bonchev–Trinajstić information content (AvgIpc) is 2.14. The SMILES string of the molecule is O=C1C=CC(C(F)F)O1. The number of alkyl halides is 2. The van der Waals surface area contributed by atoms with Crippen LogP contribution >= 0.6 is 0 Å². The third kappa shape index (κ3) is 1.25. The van der Waals surface area contributed by atoms with Gasteiger partial charge >= 0.3 is 5.97 Å². The van der Waals surface area contributed by atoms with Crippen molar-refractivity contribution in [1.82, 2.24) is 0 Å². The van der Waals surface area contributed by atoms with Gasteiger partial charge in [-0.1, -0.05) is 0 Å². The van der Waals surface area contributed by atoms with Gasteiger partial charge in [0, 0.05) is 6.08 Å². The fourth-order valence-corrected chi connectivity index (χ4v) is 0.522. The Morgan fingerprint density at radius 2 is 2.33 bits per heavy atom. The number of cyclic esters (lactones) is 1. The Morgan fingerprint density at radius 1 is 1.67 bits per heavy atom. The molecule has 0 fully saturated rings. The van der Waals surface area contributed by atoms with E-state index < -0.39 is 18.5 Å². The van der Waals surface area contributed by atoms with Crippen LogP contribution in [-0.2, 0) is 9.53 Å². The number of rotatable bonds is 1. The Hall–Kier alpha value is -0.930. The van der Waals surface area contributed by atoms with E-state index in [0.29, 0.717) is 0 Å². The van der Waals surface area contributed by atoms with E-state index >= 15 is 0 Å². The molecule has 0 saturated carbocycles. The molecule has 0 radical (unpaired) electrons. The first-order valence-electron chi connectivity index (χ1n) is 2.37. The maximum Gasteiger partial charge on any atom is 0.331 e. The smallest absolute Gasteiger partial charge is 0.331 e. The van der Waals surface area contributed by atoms with Crippen LogP contribution in [0.3, 0.4) is 0 Å². The monoisotopic (exact) mass is 134 g/mol. The highest BCUT2D eigenvalue weighted by Crippen LogP contribution is 2.12. The Bertz CT molecular complexity index is 153. The molecular formula is C5H4F2O2. The molecule has 0 saturated heterocycles. The molecule has 0 amide bonds. The van der Waals surface area contributed by atoms with E-state index in [-0.39, 0.29) is 0 Å². The van der Waals surface area contributed by atoms with Gasteiger partial charge in [-0.05, 0) is 6.08 Å². The molecule has 1 unspecified atom stereocenters. The highest BCUT2D eigenvalue weighted by Gasteiger charge is 2.25. The van der Waals surface area contributed by atoms with Crippen LogP contribution in [0, 0.1) is 0 Å². The molecule has 1 aliphatic heterocycles. The van der Waals surface area contributed by atoms with Gasteiger partial charge in [-0.3, -0.25) is 0 Å². The number of hydrogen-bond donors (Lipinski definition) is 0. The molecule has 4 heteroatoms. The third-order valence-electron chi connectivity index (χ3n) is 0.923. The summed E-state index contributed by atoms with van der Waals surface area (Å²) in [7, 11) is 0. The first kappa shape index (κ1) is 6.19. The van der Waals surface area contributed by atoms with Gasteiger partial charge in [0.2, 0.25) is 0 Å². The second-order valence-electron chi connectivity index (χ2n) is 1.60. The van der Waals surface area contributed by atoms with Crippen LogP contribution in [0.4, 0.5) is 8.78 Å². The molecule has 0 spiro atoms. The van der Waals surface area contributed by atoms with Crippen LogP contribution < -0.4 is 0 Å². The lowest BCUT2D eigenvalue weighted by molar-refractivity contribution is -0.144. The normalized spacial score (nSPS) is 25.2. The van der Waals surface area contributed by atoms with E-state index in [2.05, 4.69) is 4.74 Å². The summed E-state index contributed by atoms with van der Waals surface area (Å²) in [6.07, 6.45) is -1.88. The summed E-state index contributed by atoms with van der Waals surface area (Å²) < 4.78 is 27.3. The molecule has 1 atom stereocenters. The molecule has 2 nitrogen and oxygen atoms in total. The van der Waals surface area contributed by atoms with Gasteiger partial charge in [0.25, 0.3) is 6.43 Å². The summed E-state index contributed by atoms with van der Waals surface area (Å²) in [5, 5.41) is 0. The topological polar surface area (TPSA) is 26.3 Å². The predicted molar refractivity (Wildman–Crippen MR) is 25.0 cm³/mol. The van der Waals surface area contributed by atoms with E-state index in [1.54, 1.807) is 0 Å². The minimum absolute atomic E-state index is 0.694. The number of ether oxygens (including phenoxy) is 1. The van der Waals surface area contributed by atoms with Crippen LogP contribution in [0.15, 0.2) is 12.2 Å². The van der Waals surface area contributed by atoms with Crippen LogP contribution in [0.5, 0.6) is 0 Å². The summed E-state index contributed by atoms with van der Waals surface area (Å²) in [6.45, 7) is 0. The molecule has 1 rings (SSSR count). The van der Waals surface area contributed by atoms with Gasteiger partial charge < -0.3 is 4.74 Å². The van der Waals surface area contributed by atoms with Crippen molar-refractivity contribution >= 4 is 5.97 Å². The van der Waals surface area contributed by atoms with Gasteiger partial charge in [-0.25, -0.2) is 13.6 Å². The van der Waals surface area contributed by atoms with Gasteiger partial charge in [-0.2, -0.15) is 0 Å². The van der Waals surface area contributed by atoms with Crippen molar-refractivity contribution in [2.75, 3.05) is 0 Å². The standard InChI is InChI=1S/C5H4F2O2/c6-5(7)3-1-2-4(8)9-3/h1-3,5H. The first-order valence-corrected chi connectivity index (χ1v) is 2.37. The predicted octanol–water partition coefficient (Wildman–Crippen LogP) is 0.733. The Morgan fingerprint density at radius 3 is 2.56 bits per heavy atom. The van der Waals surface area contributed by atoms with Gasteiger partial charge in [0.15, 0.2) is 6.10 Å². The number of carbonyl (C=O) groups is 1. The first-order chi connectivity index (χ1) is 4.20. The maximum absolute atomic E-state index is 11.6. The van der Waals surface area contributed by atoms with Gasteiger partial charge in [0.05, 0.1) is 0 Å². The Labute approximate surface area is 50.1 Å². The summed E-state index contributed by atoms with van der Waals surface area (Å²) in [4.78, 5) is 10.1. The second kappa shape index (κ2) is 2.13. The lowest BCUT2D eigenvalue weighted by Gasteiger charge is -2.04. The molecule has 1 aliphatic rings. The molecule has 50 valence electrons. The van der Waals surface area contributed by atoms with Gasteiger partial charge in [0.1, 0.15) is 0 Å². The molecule has 0 aromatic rings. The van der Waals surface area contributed by atoms with Crippen molar-refractivity contribution in [3.05, 3.63) is 12.2 Å². The van der Waals surface area contributed by atoms with E-state index in [0.717, 1.165) is 12.2 Å². The Balaban J connectivity index is 2.50. The van der Waals surface area contributed by atoms with Crippen LogP contribution in [0.1, 0.15) is 0 Å². The van der Waals surface area contributed by atoms with Crippen molar-refractivity contribution < 1.29 is 18.3 Å². The van der Waals surface area contributed by atoms with E-state index in [1.807, 2.05) is 0 Å². The van der Waals surface area contributed by atoms with Gasteiger partial charge in [-0.15, -0.1) is 0 Å². The van der Waals surface area contributed by atoms with E-state index in [4.69, 9.17) is 0 Å². The molecular weight excluding hydrogens is 130 g/mol. The quantitative estimate of drug-likeness (QED) is 0.494. The zero-order valence-corrected chi connectivity index (χ0v) is 4.38. The lowest BCUT2D eigenvalue weighted by Crippen LogP contribution is -2.16. The fourth-order valence-electron chi connectivity index (χ4n) is 0.522. The molecule has 0 N–H and O–H groups in total. The number of hydrogen-bond acceptors (Lipinski definition) is 2. The summed E-state index contributed by atoms with van der Waals surface area (Å²) in [5.41, 5.74) is 0. The zero-order chi connectivity index (χ0) is 6.85. The molecule has 1 heterocycles. The summed E-state index contributed by atoms with van der Waals surface area (Å²) >= 11 is 0. The lowest BCUT2D eigenvalue weighted by atomic mass is 10.4. The number of carbonyl (C=O) groups excluding carboxylic acids is 1. The number of esters is 1. The van der Waals surface area contributed by atoms with Crippen molar-refractivity contribution in [1.29, 1.82) is 0 Å². The van der Waals surface area contributed by atoms with Crippen LogP contribution in [0.25, 0.3) is 0 Å². The van der Waals surface area contributed by atoms with Crippen molar-refractivity contribution in [3.8, 4) is 0 Å². The summed E-state index contributed by atoms with van der Waals surface area (Å²) in [6, 6.07) is 0. The minimum atomic E-state index is -2.60. The summed E-state index contributed by atoms with van der Waals surface area (Å²) in [5.74, 6) is -0.694. The maximum atomic E-state index is 11.6. The van der Waals surface area contributed by atoms with E-state index in [9.17, 15) is 13.6 Å². The molecule has 0 aromatic carbocycles. The number of halogens is 2. The molecule has 0 aliphatic carbocycles. The molecule has 9 heavy (non-hydrogen) atoms.